The van der Waals surface area contributed by atoms with Crippen LogP contribution < -0.4 is 9.67 Å². The number of hydrogen-bond donors (Lipinski definition) is 5. The predicted molar refractivity (Wildman–Crippen MR) is 87.8 cm³/mol. The number of carbonyl (C=O) groups is 2. The molecule has 0 aliphatic rings. The molecule has 0 saturated heterocycles. The first-order valence-electron chi connectivity index (χ1n) is 6.73. The molecule has 10 heteroatoms. The van der Waals surface area contributed by atoms with Gasteiger partial charge in [0.05, 0.1) is 5.56 Å². The average Bonchev–Trinajstić information content (AvgIpc) is 2.55. The first-order valence-corrected chi connectivity index (χ1v) is 10.0. The van der Waals surface area contributed by atoms with Gasteiger partial charge in [-0.1, -0.05) is 0 Å². The summed E-state index contributed by atoms with van der Waals surface area (Å²) >= 11 is -4.92. The molecule has 0 fully saturated rings. The van der Waals surface area contributed by atoms with Crippen LogP contribution >= 0.6 is 0 Å². The molecule has 2 aromatic rings. The van der Waals surface area contributed by atoms with Crippen molar-refractivity contribution in [2.24, 2.45) is 0 Å². The Hall–Kier alpha value is -2.58. The maximum Gasteiger partial charge on any atom is 0.335 e. The van der Waals surface area contributed by atoms with E-state index in [1.807, 2.05) is 0 Å². The number of phenolic OH excluding ortho intramolecular Hbond substituents is 1. The standard InChI is InChI=1S/C8H10AsNO5.C7H6O3/c1-6(11)10-8-5-3-2-4-7(8)9(12,13)15-14;8-6-3-1-5(2-4-6)7(9)10/h2-5,14H,1H3,(H,10,11)(H,12,13);1-4,8H,(H,9,10). The van der Waals surface area contributed by atoms with E-state index in [0.717, 1.165) is 0 Å². The zero-order valence-corrected chi connectivity index (χ0v) is 14.9. The van der Waals surface area contributed by atoms with E-state index < -0.39 is 20.1 Å². The molecule has 0 aliphatic carbocycles. The van der Waals surface area contributed by atoms with E-state index in [-0.39, 0.29) is 27.3 Å². The summed E-state index contributed by atoms with van der Waals surface area (Å²) in [6, 6.07) is 11.2. The summed E-state index contributed by atoms with van der Waals surface area (Å²) in [6.45, 7) is 1.27. The maximum atomic E-state index is 11.4. The van der Waals surface area contributed by atoms with Crippen LogP contribution in [-0.2, 0) is 12.4 Å². The number of carboxylic acid groups (broad SMARTS) is 1. The van der Waals surface area contributed by atoms with Gasteiger partial charge in [0, 0.05) is 0 Å². The minimum Gasteiger partial charge on any atom is -0.508 e. The van der Waals surface area contributed by atoms with Crippen LogP contribution in [0.3, 0.4) is 0 Å². The van der Waals surface area contributed by atoms with Crippen LogP contribution in [0.5, 0.6) is 5.75 Å². The molecule has 2 aromatic carbocycles. The molecule has 0 aliphatic heterocycles. The van der Waals surface area contributed by atoms with Crippen molar-refractivity contribution in [3.8, 4) is 5.75 Å². The number of benzene rings is 2. The maximum absolute atomic E-state index is 11.4. The van der Waals surface area contributed by atoms with Crippen molar-refractivity contribution in [3.63, 3.8) is 0 Å². The van der Waals surface area contributed by atoms with Gasteiger partial charge < -0.3 is 10.2 Å². The third-order valence-electron chi connectivity index (χ3n) is 2.74. The van der Waals surface area contributed by atoms with Gasteiger partial charge in [-0.15, -0.1) is 0 Å². The van der Waals surface area contributed by atoms with E-state index in [4.69, 9.17) is 15.5 Å². The molecule has 0 aromatic heterocycles. The SMILES string of the molecule is CC(=O)Nc1ccccc1[As](=O)(O)OO.O=C(O)c1ccc(O)cc1. The minimum absolute atomic E-state index is 0.0741. The van der Waals surface area contributed by atoms with E-state index in [2.05, 4.69) is 9.19 Å². The van der Waals surface area contributed by atoms with Gasteiger partial charge in [0.2, 0.25) is 0 Å². The third kappa shape index (κ3) is 6.44. The van der Waals surface area contributed by atoms with E-state index >= 15 is 0 Å². The Bertz CT molecular complexity index is 790. The van der Waals surface area contributed by atoms with E-state index in [0.29, 0.717) is 0 Å². The van der Waals surface area contributed by atoms with Gasteiger partial charge in [-0.05, 0) is 24.3 Å². The molecule has 0 radical (unpaired) electrons. The number of aromatic hydroxyl groups is 1. The fourth-order valence-corrected chi connectivity index (χ4v) is 3.34. The zero-order valence-electron chi connectivity index (χ0n) is 13.0. The van der Waals surface area contributed by atoms with Gasteiger partial charge in [-0.25, -0.2) is 4.79 Å². The van der Waals surface area contributed by atoms with E-state index in [9.17, 15) is 17.4 Å². The van der Waals surface area contributed by atoms with Crippen LogP contribution in [-0.4, -0.2) is 45.6 Å². The molecule has 0 saturated carbocycles. The van der Waals surface area contributed by atoms with Crippen LogP contribution in [0.1, 0.15) is 17.3 Å². The molecule has 1 amide bonds. The van der Waals surface area contributed by atoms with Crippen molar-refractivity contribution in [2.45, 2.75) is 6.92 Å². The van der Waals surface area contributed by atoms with Crippen molar-refractivity contribution >= 4 is 36.1 Å². The third-order valence-corrected chi connectivity index (χ3v) is 5.30. The number of carboxylic acids is 1. The molecule has 1 unspecified atom stereocenters. The first-order chi connectivity index (χ1) is 11.7. The molecule has 9 nitrogen and oxygen atoms in total. The van der Waals surface area contributed by atoms with Gasteiger partial charge in [0.25, 0.3) is 0 Å². The number of anilines is 1. The number of para-hydroxylation sites is 1. The Kier molecular flexibility index (Phi) is 7.40. The van der Waals surface area contributed by atoms with Gasteiger partial charge in [0.1, 0.15) is 5.75 Å². The van der Waals surface area contributed by atoms with Gasteiger partial charge in [-0.2, -0.15) is 0 Å². The number of nitrogens with one attached hydrogen (secondary N) is 1. The smallest absolute Gasteiger partial charge is 0.335 e. The Labute approximate surface area is 145 Å². The number of rotatable bonds is 4. The van der Waals surface area contributed by atoms with Crippen molar-refractivity contribution < 1.29 is 36.8 Å². The Morgan fingerprint density at radius 2 is 1.64 bits per heavy atom. The molecular weight excluding hydrogens is 397 g/mol. The van der Waals surface area contributed by atoms with Crippen LogP contribution in [0.15, 0.2) is 48.5 Å². The molecule has 0 heterocycles. The molecule has 134 valence electrons. The predicted octanol–water partition coefficient (Wildman–Crippen LogP) is 0.794. The Morgan fingerprint density at radius 1 is 1.08 bits per heavy atom. The summed E-state index contributed by atoms with van der Waals surface area (Å²) in [7, 11) is 0. The number of aromatic carboxylic acids is 1. The summed E-state index contributed by atoms with van der Waals surface area (Å²) < 4.78 is 24.1. The van der Waals surface area contributed by atoms with Crippen LogP contribution in [0.4, 0.5) is 5.69 Å². The van der Waals surface area contributed by atoms with E-state index in [1.54, 1.807) is 6.07 Å². The number of phenols is 1. The molecule has 2 rings (SSSR count). The molecule has 25 heavy (non-hydrogen) atoms. The fourth-order valence-electron chi connectivity index (χ4n) is 1.66. The van der Waals surface area contributed by atoms with E-state index in [1.165, 1.54) is 49.4 Å². The van der Waals surface area contributed by atoms with Crippen LogP contribution in [0, 0.1) is 0 Å². The van der Waals surface area contributed by atoms with Crippen molar-refractivity contribution in [1.29, 1.82) is 0 Å². The largest absolute Gasteiger partial charge is 0.508 e. The van der Waals surface area contributed by atoms with Crippen molar-refractivity contribution in [3.05, 3.63) is 54.1 Å². The topological polar surface area (TPSA) is 153 Å². The molecule has 1 atom stereocenters. The fraction of sp³-hybridized carbons (Fsp3) is 0.0667. The van der Waals surface area contributed by atoms with Crippen molar-refractivity contribution in [1.82, 2.24) is 0 Å². The number of amides is 1. The summed E-state index contributed by atoms with van der Waals surface area (Å²) in [5.74, 6) is -1.29. The molecule has 0 bridgehead atoms. The first kappa shape index (κ1) is 20.5. The quantitative estimate of drug-likeness (QED) is 0.280. The second kappa shape index (κ2) is 9.05. The zero-order chi connectivity index (χ0) is 19.0. The van der Waals surface area contributed by atoms with Crippen molar-refractivity contribution in [2.75, 3.05) is 5.32 Å². The number of carbonyl (C=O) groups excluding carboxylic acids is 1. The second-order valence-electron chi connectivity index (χ2n) is 4.65. The molecule has 5 N–H and O–H groups in total. The average molecular weight is 413 g/mol. The number of hydrogen-bond acceptors (Lipinski definition) is 6. The monoisotopic (exact) mass is 413 g/mol. The van der Waals surface area contributed by atoms with Gasteiger partial charge in [-0.3, -0.25) is 0 Å². The Morgan fingerprint density at radius 3 is 2.12 bits per heavy atom. The second-order valence-corrected chi connectivity index (χ2v) is 8.19. The van der Waals surface area contributed by atoms with Gasteiger partial charge >= 0.3 is 94.4 Å². The van der Waals surface area contributed by atoms with Crippen LogP contribution in [0.2, 0.25) is 0 Å². The summed E-state index contributed by atoms with van der Waals surface area (Å²) in [6.07, 6.45) is 0. The van der Waals surface area contributed by atoms with Crippen LogP contribution in [0.25, 0.3) is 0 Å². The molecule has 0 spiro atoms. The summed E-state index contributed by atoms with van der Waals surface area (Å²) in [5, 5.41) is 27.8. The van der Waals surface area contributed by atoms with Gasteiger partial charge in [0.15, 0.2) is 0 Å². The Balaban J connectivity index is 0.000000271. The summed E-state index contributed by atoms with van der Waals surface area (Å²) in [4.78, 5) is 21.0. The molecular formula is C15H16AsNO8. The normalized spacial score (nSPS) is 12.3. The summed E-state index contributed by atoms with van der Waals surface area (Å²) in [5.41, 5.74) is 0.335. The minimum atomic E-state index is -4.92.